The number of methoxy groups -OCH3 is 3. The molecule has 0 heterocycles. The zero-order valence-corrected chi connectivity index (χ0v) is 12.9. The second-order valence-electron chi connectivity index (χ2n) is 4.44. The maximum Gasteiger partial charge on any atom is 0.151 e. The monoisotopic (exact) mass is 322 g/mol. The molecule has 5 nitrogen and oxygen atoms in total. The summed E-state index contributed by atoms with van der Waals surface area (Å²) in [6.07, 6.45) is 1.42. The Labute approximate surface area is 132 Å². The van der Waals surface area contributed by atoms with Crippen LogP contribution in [0.1, 0.15) is 5.56 Å². The van der Waals surface area contributed by atoms with E-state index in [-0.39, 0.29) is 5.69 Å². The Bertz CT molecular complexity index is 695. The third kappa shape index (κ3) is 3.88. The lowest BCUT2D eigenvalue weighted by Gasteiger charge is -2.12. The van der Waals surface area contributed by atoms with Gasteiger partial charge < -0.3 is 14.2 Å². The first-order valence-electron chi connectivity index (χ1n) is 6.63. The van der Waals surface area contributed by atoms with Crippen LogP contribution in [0, 0.1) is 11.6 Å². The summed E-state index contributed by atoms with van der Waals surface area (Å²) in [4.78, 5) is 0. The molecule has 0 amide bonds. The molecule has 0 atom stereocenters. The van der Waals surface area contributed by atoms with Crippen LogP contribution in [0.4, 0.5) is 14.5 Å². The molecule has 1 N–H and O–H groups in total. The van der Waals surface area contributed by atoms with Crippen molar-refractivity contribution in [3.8, 4) is 17.2 Å². The van der Waals surface area contributed by atoms with Gasteiger partial charge in [0.15, 0.2) is 5.82 Å². The normalized spacial score (nSPS) is 10.7. The van der Waals surface area contributed by atoms with E-state index in [1.807, 2.05) is 0 Å². The van der Waals surface area contributed by atoms with Crippen molar-refractivity contribution in [1.82, 2.24) is 0 Å². The van der Waals surface area contributed by atoms with E-state index in [1.165, 1.54) is 33.6 Å². The highest BCUT2D eigenvalue weighted by Crippen LogP contribution is 2.32. The van der Waals surface area contributed by atoms with Gasteiger partial charge in [0.1, 0.15) is 23.1 Å². The molecule has 0 saturated carbocycles. The van der Waals surface area contributed by atoms with E-state index in [1.54, 1.807) is 12.1 Å². The number of nitrogens with zero attached hydrogens (tertiary/aromatic N) is 1. The van der Waals surface area contributed by atoms with Crippen LogP contribution in [0.15, 0.2) is 35.4 Å². The fourth-order valence-corrected chi connectivity index (χ4v) is 1.91. The van der Waals surface area contributed by atoms with Gasteiger partial charge in [-0.2, -0.15) is 5.10 Å². The van der Waals surface area contributed by atoms with Gasteiger partial charge >= 0.3 is 0 Å². The third-order valence-electron chi connectivity index (χ3n) is 3.06. The molecule has 2 aromatic carbocycles. The number of benzene rings is 2. The molecule has 7 heteroatoms. The van der Waals surface area contributed by atoms with E-state index in [9.17, 15) is 8.78 Å². The molecule has 0 aliphatic rings. The first-order valence-corrected chi connectivity index (χ1v) is 6.63. The second-order valence-corrected chi connectivity index (χ2v) is 4.44. The summed E-state index contributed by atoms with van der Waals surface area (Å²) in [5.74, 6) is 0.123. The van der Waals surface area contributed by atoms with Crippen LogP contribution in [0.5, 0.6) is 17.2 Å². The van der Waals surface area contributed by atoms with Gasteiger partial charge in [0, 0.05) is 18.2 Å². The summed E-state index contributed by atoms with van der Waals surface area (Å²) in [5.41, 5.74) is 3.10. The molecule has 0 saturated heterocycles. The maximum absolute atomic E-state index is 13.5. The zero-order chi connectivity index (χ0) is 16.8. The highest BCUT2D eigenvalue weighted by molar-refractivity contribution is 5.88. The third-order valence-corrected chi connectivity index (χ3v) is 3.06. The van der Waals surface area contributed by atoms with E-state index in [2.05, 4.69) is 10.5 Å². The lowest BCUT2D eigenvalue weighted by atomic mass is 10.2. The number of ether oxygens (including phenoxy) is 3. The highest BCUT2D eigenvalue weighted by atomic mass is 19.1. The summed E-state index contributed by atoms with van der Waals surface area (Å²) >= 11 is 0. The lowest BCUT2D eigenvalue weighted by molar-refractivity contribution is 0.374. The fourth-order valence-electron chi connectivity index (χ4n) is 1.91. The van der Waals surface area contributed by atoms with Gasteiger partial charge in [0.05, 0.1) is 38.8 Å². The highest BCUT2D eigenvalue weighted by Gasteiger charge is 2.11. The quantitative estimate of drug-likeness (QED) is 0.654. The van der Waals surface area contributed by atoms with Gasteiger partial charge in [0.25, 0.3) is 0 Å². The fraction of sp³-hybridized carbons (Fsp3) is 0.188. The summed E-state index contributed by atoms with van der Waals surface area (Å²) in [6, 6.07) is 6.50. The molecule has 0 aliphatic carbocycles. The van der Waals surface area contributed by atoms with Crippen molar-refractivity contribution in [3.63, 3.8) is 0 Å². The number of anilines is 1. The van der Waals surface area contributed by atoms with Crippen LogP contribution in [0.3, 0.4) is 0 Å². The average Bonchev–Trinajstić information content (AvgIpc) is 2.56. The molecule has 122 valence electrons. The van der Waals surface area contributed by atoms with Crippen molar-refractivity contribution >= 4 is 11.9 Å². The van der Waals surface area contributed by atoms with Crippen LogP contribution < -0.4 is 19.6 Å². The molecular weight excluding hydrogens is 306 g/mol. The molecular formula is C16H16F2N2O3. The predicted octanol–water partition coefficient (Wildman–Crippen LogP) is 3.44. The van der Waals surface area contributed by atoms with E-state index < -0.39 is 11.6 Å². The second kappa shape index (κ2) is 7.44. The van der Waals surface area contributed by atoms with Gasteiger partial charge in [-0.05, 0) is 12.1 Å². The van der Waals surface area contributed by atoms with E-state index in [4.69, 9.17) is 14.2 Å². The van der Waals surface area contributed by atoms with Gasteiger partial charge in [-0.25, -0.2) is 8.78 Å². The smallest absolute Gasteiger partial charge is 0.151 e. The van der Waals surface area contributed by atoms with Crippen LogP contribution >= 0.6 is 0 Å². The van der Waals surface area contributed by atoms with E-state index in [0.717, 1.165) is 12.1 Å². The summed E-state index contributed by atoms with van der Waals surface area (Å²) in [7, 11) is 4.53. The Morgan fingerprint density at radius 3 is 2.13 bits per heavy atom. The molecule has 0 bridgehead atoms. The Hall–Kier alpha value is -2.83. The summed E-state index contributed by atoms with van der Waals surface area (Å²) in [6.45, 7) is 0. The predicted molar refractivity (Wildman–Crippen MR) is 83.7 cm³/mol. The zero-order valence-electron chi connectivity index (χ0n) is 12.9. The minimum absolute atomic E-state index is 0.0501. The average molecular weight is 322 g/mol. The molecule has 23 heavy (non-hydrogen) atoms. The standard InChI is InChI=1S/C16H16F2N2O3/c1-21-11-7-15(22-2)12(16(8-11)23-3)9-19-20-14-5-4-10(17)6-13(14)18/h4-9,20H,1-3H3/b19-9+. The van der Waals surface area contributed by atoms with Crippen molar-refractivity contribution in [2.75, 3.05) is 26.8 Å². The number of rotatable bonds is 6. The van der Waals surface area contributed by atoms with Crippen molar-refractivity contribution in [2.45, 2.75) is 0 Å². The Morgan fingerprint density at radius 1 is 0.957 bits per heavy atom. The number of halogens is 2. The van der Waals surface area contributed by atoms with Gasteiger partial charge in [-0.3, -0.25) is 5.43 Å². The lowest BCUT2D eigenvalue weighted by Crippen LogP contribution is -2.00. The first-order chi connectivity index (χ1) is 11.1. The minimum Gasteiger partial charge on any atom is -0.496 e. The molecule has 0 radical (unpaired) electrons. The number of nitrogens with one attached hydrogen (secondary N) is 1. The SMILES string of the molecule is COc1cc(OC)c(/C=N/Nc2ccc(F)cc2F)c(OC)c1. The Morgan fingerprint density at radius 2 is 1.61 bits per heavy atom. The number of hydrogen-bond donors (Lipinski definition) is 1. The molecule has 0 aliphatic heterocycles. The van der Waals surface area contributed by atoms with Gasteiger partial charge in [-0.15, -0.1) is 0 Å². The summed E-state index contributed by atoms with van der Waals surface area (Å²) in [5, 5.41) is 3.94. The van der Waals surface area contributed by atoms with Gasteiger partial charge in [0.2, 0.25) is 0 Å². The summed E-state index contributed by atoms with van der Waals surface area (Å²) < 4.78 is 42.1. The van der Waals surface area contributed by atoms with Crippen LogP contribution in [0.2, 0.25) is 0 Å². The van der Waals surface area contributed by atoms with Crippen molar-refractivity contribution in [2.24, 2.45) is 5.10 Å². The van der Waals surface area contributed by atoms with Gasteiger partial charge in [-0.1, -0.05) is 0 Å². The van der Waals surface area contributed by atoms with Crippen LogP contribution in [-0.2, 0) is 0 Å². The van der Waals surface area contributed by atoms with Crippen molar-refractivity contribution in [3.05, 3.63) is 47.5 Å². The Kier molecular flexibility index (Phi) is 5.35. The molecule has 0 unspecified atom stereocenters. The first kappa shape index (κ1) is 16.5. The number of hydrogen-bond acceptors (Lipinski definition) is 5. The van der Waals surface area contributed by atoms with Crippen molar-refractivity contribution < 1.29 is 23.0 Å². The molecule has 0 fully saturated rings. The largest absolute Gasteiger partial charge is 0.496 e. The molecule has 0 spiro atoms. The maximum atomic E-state index is 13.5. The molecule has 0 aromatic heterocycles. The minimum atomic E-state index is -0.740. The molecule has 2 rings (SSSR count). The Balaban J connectivity index is 2.27. The van der Waals surface area contributed by atoms with Crippen LogP contribution in [0.25, 0.3) is 0 Å². The number of hydrazone groups is 1. The topological polar surface area (TPSA) is 52.1 Å². The van der Waals surface area contributed by atoms with E-state index in [0.29, 0.717) is 22.8 Å². The van der Waals surface area contributed by atoms with E-state index >= 15 is 0 Å². The van der Waals surface area contributed by atoms with Crippen molar-refractivity contribution in [1.29, 1.82) is 0 Å². The van der Waals surface area contributed by atoms with Crippen LogP contribution in [-0.4, -0.2) is 27.5 Å². The molecule has 2 aromatic rings.